The van der Waals surface area contributed by atoms with Crippen molar-refractivity contribution in [1.82, 2.24) is 0 Å². The van der Waals surface area contributed by atoms with Crippen LogP contribution >= 0.6 is 0 Å². The Morgan fingerprint density at radius 3 is 1.86 bits per heavy atom. The van der Waals surface area contributed by atoms with Crippen LogP contribution in [0.2, 0.25) is 39.3 Å². The van der Waals surface area contributed by atoms with E-state index in [4.69, 9.17) is 13.0 Å². The predicted octanol–water partition coefficient (Wildman–Crippen LogP) is 4.65. The normalized spacial score (nSPS) is 18.9. The molecule has 0 N–H and O–H groups in total. The van der Waals surface area contributed by atoms with Gasteiger partial charge in [0.15, 0.2) is 18.1 Å². The first kappa shape index (κ1) is 26.0. The van der Waals surface area contributed by atoms with E-state index in [1.165, 1.54) is 5.19 Å². The van der Waals surface area contributed by atoms with Crippen LogP contribution in [0.3, 0.4) is 0 Å². The molecule has 0 saturated heterocycles. The first-order chi connectivity index (χ1) is 13.0. The molecule has 0 spiro atoms. The van der Waals surface area contributed by atoms with Crippen molar-refractivity contribution in [3.8, 4) is 0 Å². The second kappa shape index (κ2) is 10.8. The molecule has 0 amide bonds. The fourth-order valence-corrected chi connectivity index (χ4v) is 15.9. The van der Waals surface area contributed by atoms with Crippen LogP contribution in [0.5, 0.6) is 0 Å². The van der Waals surface area contributed by atoms with Gasteiger partial charge in [-0.2, -0.15) is 0 Å². The molecular weight excluding hydrogens is 413 g/mol. The van der Waals surface area contributed by atoms with Crippen molar-refractivity contribution in [1.29, 1.82) is 0 Å². The Hall–Kier alpha value is -0.0325. The van der Waals surface area contributed by atoms with Gasteiger partial charge in [0, 0.05) is 5.22 Å². The third-order valence-corrected chi connectivity index (χ3v) is 17.0. The summed E-state index contributed by atoms with van der Waals surface area (Å²) in [6.45, 7) is 23.0. The van der Waals surface area contributed by atoms with Gasteiger partial charge >= 0.3 is 8.56 Å². The molecule has 0 radical (unpaired) electrons. The summed E-state index contributed by atoms with van der Waals surface area (Å²) in [5.41, 5.74) is 0. The highest BCUT2D eigenvalue weighted by molar-refractivity contribution is 6.88. The second-order valence-corrected chi connectivity index (χ2v) is 21.2. The average molecular weight is 457 g/mol. The van der Waals surface area contributed by atoms with Gasteiger partial charge in [-0.1, -0.05) is 63.7 Å². The van der Waals surface area contributed by atoms with Gasteiger partial charge in [0.1, 0.15) is 0 Å². The van der Waals surface area contributed by atoms with Crippen LogP contribution in [0.4, 0.5) is 0 Å². The lowest BCUT2D eigenvalue weighted by Gasteiger charge is -2.52. The molecule has 0 aliphatic rings. The van der Waals surface area contributed by atoms with Gasteiger partial charge < -0.3 is 13.0 Å². The fraction of sp³-hybridized carbons (Fsp3) is 0.714. The molecule has 0 heterocycles. The van der Waals surface area contributed by atoms with Crippen molar-refractivity contribution >= 4 is 40.6 Å². The van der Waals surface area contributed by atoms with Gasteiger partial charge in [0.25, 0.3) is 0 Å². The van der Waals surface area contributed by atoms with Crippen LogP contribution in [0.15, 0.2) is 30.3 Å². The first-order valence-electron chi connectivity index (χ1n) is 11.1. The Morgan fingerprint density at radius 1 is 0.893 bits per heavy atom. The highest BCUT2D eigenvalue weighted by Gasteiger charge is 2.60. The minimum Gasteiger partial charge on any atom is -0.434 e. The minimum absolute atomic E-state index is 0.0988. The van der Waals surface area contributed by atoms with E-state index in [0.29, 0.717) is 0 Å². The molecule has 0 aromatic heterocycles. The summed E-state index contributed by atoms with van der Waals surface area (Å²) in [4.78, 5) is 0. The van der Waals surface area contributed by atoms with Gasteiger partial charge in [-0.05, 0) is 58.1 Å². The number of benzene rings is 1. The molecule has 0 bridgehead atoms. The summed E-state index contributed by atoms with van der Waals surface area (Å²) < 4.78 is 21.2. The number of hydrogen-bond acceptors (Lipinski definition) is 3. The molecule has 0 aliphatic heterocycles. The Morgan fingerprint density at radius 2 is 1.46 bits per heavy atom. The molecule has 1 rings (SSSR count). The third-order valence-electron chi connectivity index (χ3n) is 5.77. The molecule has 162 valence electrons. The Labute approximate surface area is 180 Å². The Kier molecular flexibility index (Phi) is 10.1. The van der Waals surface area contributed by atoms with Gasteiger partial charge in [-0.3, -0.25) is 0 Å². The van der Waals surface area contributed by atoms with E-state index in [1.54, 1.807) is 0 Å². The van der Waals surface area contributed by atoms with E-state index in [9.17, 15) is 0 Å². The van der Waals surface area contributed by atoms with Crippen LogP contribution in [0.25, 0.3) is 0 Å². The van der Waals surface area contributed by atoms with E-state index in [2.05, 4.69) is 97.3 Å². The van der Waals surface area contributed by atoms with E-state index >= 15 is 0 Å². The average Bonchev–Trinajstić information content (AvgIpc) is 2.60. The standard InChI is InChI=1S/C21H44O3Si4/c1-11-18-20(3,25(5)6)23-28(24-27(9)10,19-16-14-13-15-17-19)21(4,12-2)22-26(7)8/h13-17,25-27H,11-12,18H2,1-10H3/t20-,21?,28?/m1/s1. The fourth-order valence-electron chi connectivity index (χ4n) is 3.87. The quantitative estimate of drug-likeness (QED) is 0.429. The lowest BCUT2D eigenvalue weighted by Crippen LogP contribution is -2.75. The highest BCUT2D eigenvalue weighted by atomic mass is 28.4. The lowest BCUT2D eigenvalue weighted by atomic mass is 10.2. The van der Waals surface area contributed by atoms with Crippen molar-refractivity contribution < 1.29 is 13.0 Å². The van der Waals surface area contributed by atoms with Crippen molar-refractivity contribution in [3.63, 3.8) is 0 Å². The molecule has 0 aliphatic carbocycles. The topological polar surface area (TPSA) is 27.7 Å². The number of rotatable bonds is 12. The maximum atomic E-state index is 7.39. The molecule has 7 heteroatoms. The lowest BCUT2D eigenvalue weighted by molar-refractivity contribution is 0.0499. The Bertz CT molecular complexity index is 584. The van der Waals surface area contributed by atoms with Crippen molar-refractivity contribution in [2.75, 3.05) is 0 Å². The first-order valence-corrected chi connectivity index (χ1v) is 21.3. The van der Waals surface area contributed by atoms with Gasteiger partial charge in [-0.15, -0.1) is 0 Å². The van der Waals surface area contributed by atoms with E-state index in [-0.39, 0.29) is 10.4 Å². The zero-order valence-electron chi connectivity index (χ0n) is 20.0. The van der Waals surface area contributed by atoms with Crippen molar-refractivity contribution in [2.45, 2.75) is 96.7 Å². The van der Waals surface area contributed by atoms with Crippen LogP contribution in [-0.2, 0) is 13.0 Å². The SMILES string of the molecule is CCC[C@](C)(O[Si](O[SiH](C)C)(c1ccccc1)C(C)(CC)O[SiH](C)C)[SiH](C)C. The molecule has 0 saturated carbocycles. The molecule has 0 fully saturated rings. The summed E-state index contributed by atoms with van der Waals surface area (Å²) >= 11 is 0. The van der Waals surface area contributed by atoms with Gasteiger partial charge in [-0.25, -0.2) is 0 Å². The Balaban J connectivity index is 3.74. The number of hydrogen-bond donors (Lipinski definition) is 0. The van der Waals surface area contributed by atoms with Gasteiger partial charge in [0.2, 0.25) is 0 Å². The monoisotopic (exact) mass is 456 g/mol. The van der Waals surface area contributed by atoms with Crippen LogP contribution in [0, 0.1) is 0 Å². The molecule has 2 unspecified atom stereocenters. The summed E-state index contributed by atoms with van der Waals surface area (Å²) in [5.74, 6) is 0. The molecule has 1 aromatic carbocycles. The van der Waals surface area contributed by atoms with Crippen LogP contribution in [-0.4, -0.2) is 45.9 Å². The summed E-state index contributed by atoms with van der Waals surface area (Å²) in [5, 5.41) is 0.745. The maximum Gasteiger partial charge on any atom is 0.393 e. The van der Waals surface area contributed by atoms with Crippen molar-refractivity contribution in [3.05, 3.63) is 30.3 Å². The van der Waals surface area contributed by atoms with Crippen LogP contribution < -0.4 is 5.19 Å². The third kappa shape index (κ3) is 5.99. The molecule has 28 heavy (non-hydrogen) atoms. The summed E-state index contributed by atoms with van der Waals surface area (Å²) in [6, 6.07) is 10.8. The van der Waals surface area contributed by atoms with E-state index < -0.39 is 35.4 Å². The van der Waals surface area contributed by atoms with Crippen molar-refractivity contribution in [2.24, 2.45) is 0 Å². The molecule has 1 aromatic rings. The highest BCUT2D eigenvalue weighted by Crippen LogP contribution is 2.37. The maximum absolute atomic E-state index is 7.39. The van der Waals surface area contributed by atoms with Gasteiger partial charge in [0.05, 0.1) is 14.0 Å². The van der Waals surface area contributed by atoms with Crippen LogP contribution in [0.1, 0.15) is 47.0 Å². The largest absolute Gasteiger partial charge is 0.434 e. The predicted molar refractivity (Wildman–Crippen MR) is 134 cm³/mol. The van der Waals surface area contributed by atoms with E-state index in [1.807, 2.05) is 0 Å². The summed E-state index contributed by atoms with van der Waals surface area (Å²) in [6.07, 6.45) is 3.12. The molecule has 3 nitrogen and oxygen atoms in total. The zero-order chi connectivity index (χ0) is 21.6. The second-order valence-electron chi connectivity index (χ2n) is 9.22. The zero-order valence-corrected chi connectivity index (χ0v) is 24.4. The smallest absolute Gasteiger partial charge is 0.393 e. The minimum atomic E-state index is -2.88. The van der Waals surface area contributed by atoms with E-state index in [0.717, 1.165) is 19.3 Å². The molecular formula is C21H44O3Si4. The molecule has 3 atom stereocenters. The summed E-state index contributed by atoms with van der Waals surface area (Å²) in [7, 11) is -6.65.